The molecule has 0 saturated heterocycles. The Labute approximate surface area is 160 Å². The maximum atomic E-state index is 12.6. The van der Waals surface area contributed by atoms with Gasteiger partial charge in [0.2, 0.25) is 5.91 Å². The summed E-state index contributed by atoms with van der Waals surface area (Å²) in [5.41, 5.74) is 2.06. The van der Waals surface area contributed by atoms with Crippen molar-refractivity contribution in [3.63, 3.8) is 0 Å². The van der Waals surface area contributed by atoms with Gasteiger partial charge >= 0.3 is 5.97 Å². The molecule has 2 aliphatic rings. The highest BCUT2D eigenvalue weighted by Gasteiger charge is 2.39. The number of hydrogen-bond donors (Lipinski definition) is 0. The van der Waals surface area contributed by atoms with Crippen molar-refractivity contribution in [1.29, 1.82) is 0 Å². The maximum Gasteiger partial charge on any atom is 0.335 e. The fourth-order valence-electron chi connectivity index (χ4n) is 3.46. The fraction of sp³-hybridized carbons (Fsp3) is 0.143. The molecule has 7 heteroatoms. The van der Waals surface area contributed by atoms with E-state index in [9.17, 15) is 19.2 Å². The Morgan fingerprint density at radius 1 is 0.964 bits per heavy atom. The van der Waals surface area contributed by atoms with Crippen LogP contribution in [0.3, 0.4) is 0 Å². The molecule has 0 N–H and O–H groups in total. The third-order valence-electron chi connectivity index (χ3n) is 4.78. The maximum absolute atomic E-state index is 12.6. The van der Waals surface area contributed by atoms with Crippen molar-refractivity contribution in [2.45, 2.75) is 19.4 Å². The Morgan fingerprint density at radius 3 is 2.21 bits per heavy atom. The van der Waals surface area contributed by atoms with Crippen LogP contribution in [0, 0.1) is 0 Å². The van der Waals surface area contributed by atoms with Crippen LogP contribution in [0.5, 0.6) is 0 Å². The molecule has 0 spiro atoms. The largest absolute Gasteiger partial charge is 0.335 e. The van der Waals surface area contributed by atoms with E-state index in [4.69, 9.17) is 4.84 Å². The van der Waals surface area contributed by atoms with Crippen LogP contribution in [0.25, 0.3) is 6.08 Å². The highest BCUT2D eigenvalue weighted by atomic mass is 16.7. The van der Waals surface area contributed by atoms with Gasteiger partial charge in [-0.3, -0.25) is 14.4 Å². The predicted octanol–water partition coefficient (Wildman–Crippen LogP) is 2.71. The van der Waals surface area contributed by atoms with E-state index in [0.717, 1.165) is 11.1 Å². The Balaban J connectivity index is 1.55. The molecule has 2 aliphatic heterocycles. The summed E-state index contributed by atoms with van der Waals surface area (Å²) in [6, 6.07) is 13.1. The summed E-state index contributed by atoms with van der Waals surface area (Å²) in [4.78, 5) is 55.8. The van der Waals surface area contributed by atoms with Crippen molar-refractivity contribution in [3.8, 4) is 0 Å². The van der Waals surface area contributed by atoms with E-state index >= 15 is 0 Å². The van der Waals surface area contributed by atoms with Gasteiger partial charge < -0.3 is 9.74 Å². The molecule has 0 radical (unpaired) electrons. The molecule has 4 rings (SSSR count). The molecule has 0 bridgehead atoms. The van der Waals surface area contributed by atoms with E-state index < -0.39 is 23.8 Å². The number of benzene rings is 2. The van der Waals surface area contributed by atoms with Crippen molar-refractivity contribution in [3.05, 3.63) is 77.0 Å². The van der Waals surface area contributed by atoms with Crippen LogP contribution < -0.4 is 0 Å². The first kappa shape index (κ1) is 17.7. The molecule has 2 aromatic carbocycles. The second kappa shape index (κ2) is 6.77. The summed E-state index contributed by atoms with van der Waals surface area (Å²) in [6.07, 6.45) is 3.21. The standard InChI is InChI=1S/C21H16N2O5/c1-13(24)22-11-10-14-6-2-3-7-15(14)18(22)12-19(25)28-23-20(26)16-8-4-5-9-17(16)21(23)27/h2-11,18H,12H2,1H3. The Hall–Kier alpha value is -3.74. The number of carbonyl (C=O) groups excluding carboxylic acids is 4. The molecule has 2 heterocycles. The van der Waals surface area contributed by atoms with E-state index in [1.807, 2.05) is 24.3 Å². The van der Waals surface area contributed by atoms with Gasteiger partial charge in [0.25, 0.3) is 11.8 Å². The third-order valence-corrected chi connectivity index (χ3v) is 4.78. The van der Waals surface area contributed by atoms with Gasteiger partial charge in [0, 0.05) is 13.1 Å². The SMILES string of the molecule is CC(=O)N1C=Cc2ccccc2C1CC(=O)ON1C(=O)c2ccccc2C1=O. The quantitative estimate of drug-likeness (QED) is 0.769. The highest BCUT2D eigenvalue weighted by Crippen LogP contribution is 2.33. The molecule has 7 nitrogen and oxygen atoms in total. The Kier molecular flexibility index (Phi) is 4.27. The van der Waals surface area contributed by atoms with E-state index in [-0.39, 0.29) is 23.5 Å². The van der Waals surface area contributed by atoms with Crippen molar-refractivity contribution in [2.24, 2.45) is 0 Å². The van der Waals surface area contributed by atoms with Gasteiger partial charge in [-0.05, 0) is 29.3 Å². The number of imide groups is 1. The van der Waals surface area contributed by atoms with Crippen LogP contribution in [0.1, 0.15) is 51.2 Å². The molecule has 28 heavy (non-hydrogen) atoms. The lowest BCUT2D eigenvalue weighted by Gasteiger charge is -2.32. The lowest BCUT2D eigenvalue weighted by atomic mass is 9.94. The summed E-state index contributed by atoms with van der Waals surface area (Å²) in [7, 11) is 0. The van der Waals surface area contributed by atoms with Crippen molar-refractivity contribution in [1.82, 2.24) is 9.96 Å². The molecule has 3 amide bonds. The van der Waals surface area contributed by atoms with Gasteiger partial charge in [-0.1, -0.05) is 41.5 Å². The first-order chi connectivity index (χ1) is 13.5. The number of hydrogen-bond acceptors (Lipinski definition) is 5. The highest BCUT2D eigenvalue weighted by molar-refractivity contribution is 6.20. The number of fused-ring (bicyclic) bond motifs is 2. The predicted molar refractivity (Wildman–Crippen MR) is 98.4 cm³/mol. The first-order valence-electron chi connectivity index (χ1n) is 8.72. The Morgan fingerprint density at radius 2 is 1.57 bits per heavy atom. The number of nitrogens with zero attached hydrogens (tertiary/aromatic N) is 2. The Bertz CT molecular complexity index is 1010. The minimum Gasteiger partial charge on any atom is -0.330 e. The minimum atomic E-state index is -0.782. The number of hydroxylamine groups is 2. The molecule has 0 fully saturated rings. The molecule has 0 aliphatic carbocycles. The average molecular weight is 376 g/mol. The number of rotatable bonds is 3. The minimum absolute atomic E-state index is 0.191. The van der Waals surface area contributed by atoms with Gasteiger partial charge in [-0.15, -0.1) is 0 Å². The van der Waals surface area contributed by atoms with Crippen molar-refractivity contribution in [2.75, 3.05) is 0 Å². The van der Waals surface area contributed by atoms with Crippen LogP contribution in [0.4, 0.5) is 0 Å². The number of amides is 3. The van der Waals surface area contributed by atoms with Crippen molar-refractivity contribution >= 4 is 29.8 Å². The smallest absolute Gasteiger partial charge is 0.330 e. The normalized spacial score (nSPS) is 17.4. The van der Waals surface area contributed by atoms with Gasteiger partial charge in [0.15, 0.2) is 0 Å². The summed E-state index contributed by atoms with van der Waals surface area (Å²) < 4.78 is 0. The first-order valence-corrected chi connectivity index (χ1v) is 8.72. The van der Waals surface area contributed by atoms with Gasteiger partial charge in [0.05, 0.1) is 23.6 Å². The third kappa shape index (κ3) is 2.87. The molecule has 1 atom stereocenters. The number of carbonyl (C=O) groups is 4. The monoisotopic (exact) mass is 376 g/mol. The van der Waals surface area contributed by atoms with E-state index in [1.165, 1.54) is 24.0 Å². The lowest BCUT2D eigenvalue weighted by molar-refractivity contribution is -0.170. The summed E-state index contributed by atoms with van der Waals surface area (Å²) in [5, 5.41) is 0.482. The zero-order valence-electron chi connectivity index (χ0n) is 15.0. The molecule has 1 unspecified atom stereocenters. The second-order valence-corrected chi connectivity index (χ2v) is 6.50. The van der Waals surface area contributed by atoms with E-state index in [0.29, 0.717) is 5.06 Å². The average Bonchev–Trinajstić information content (AvgIpc) is 2.93. The van der Waals surface area contributed by atoms with Crippen LogP contribution >= 0.6 is 0 Å². The van der Waals surface area contributed by atoms with Gasteiger partial charge in [0.1, 0.15) is 0 Å². The molecular weight excluding hydrogens is 360 g/mol. The topological polar surface area (TPSA) is 84.0 Å². The zero-order chi connectivity index (χ0) is 19.8. The molecule has 0 saturated carbocycles. The molecule has 140 valence electrons. The van der Waals surface area contributed by atoms with Crippen LogP contribution in [-0.2, 0) is 14.4 Å². The molecular formula is C21H16N2O5. The van der Waals surface area contributed by atoms with Crippen molar-refractivity contribution < 1.29 is 24.0 Å². The second-order valence-electron chi connectivity index (χ2n) is 6.50. The van der Waals surface area contributed by atoms with Crippen LogP contribution in [0.15, 0.2) is 54.7 Å². The van der Waals surface area contributed by atoms with Gasteiger partial charge in [-0.2, -0.15) is 0 Å². The fourth-order valence-corrected chi connectivity index (χ4v) is 3.46. The lowest BCUT2D eigenvalue weighted by Crippen LogP contribution is -2.36. The zero-order valence-corrected chi connectivity index (χ0v) is 15.0. The van der Waals surface area contributed by atoms with Gasteiger partial charge in [-0.25, -0.2) is 4.79 Å². The molecule has 2 aromatic rings. The van der Waals surface area contributed by atoms with Crippen LogP contribution in [-0.4, -0.2) is 33.7 Å². The van der Waals surface area contributed by atoms with E-state index in [1.54, 1.807) is 24.4 Å². The molecule has 0 aromatic heterocycles. The summed E-state index contributed by atoms with van der Waals surface area (Å²) in [6.45, 7) is 1.40. The van der Waals surface area contributed by atoms with Crippen LogP contribution in [0.2, 0.25) is 0 Å². The van der Waals surface area contributed by atoms with E-state index in [2.05, 4.69) is 0 Å². The summed E-state index contributed by atoms with van der Waals surface area (Å²) in [5.74, 6) is -2.37. The summed E-state index contributed by atoms with van der Waals surface area (Å²) >= 11 is 0.